The van der Waals surface area contributed by atoms with Crippen molar-refractivity contribution in [1.82, 2.24) is 0 Å². The fourth-order valence-electron chi connectivity index (χ4n) is 1.75. The van der Waals surface area contributed by atoms with Gasteiger partial charge in [0, 0.05) is 10.4 Å². The molecule has 1 saturated carbocycles. The summed E-state index contributed by atoms with van der Waals surface area (Å²) in [5.41, 5.74) is 1.26. The van der Waals surface area contributed by atoms with Crippen LogP contribution in [0.25, 0.3) is 0 Å². The highest BCUT2D eigenvalue weighted by molar-refractivity contribution is 9.10. The molecule has 0 saturated heterocycles. The molecule has 1 aromatic rings. The molecule has 0 N–H and O–H groups in total. The Labute approximate surface area is 98.7 Å². The van der Waals surface area contributed by atoms with Gasteiger partial charge in [-0.2, -0.15) is 0 Å². The molecule has 0 amide bonds. The SMILES string of the molecule is COc1cc(Br)c([C]2CCC2)cc1OC. The van der Waals surface area contributed by atoms with Crippen LogP contribution in [-0.2, 0) is 0 Å². The van der Waals surface area contributed by atoms with Gasteiger partial charge in [0.05, 0.1) is 14.2 Å². The zero-order valence-electron chi connectivity index (χ0n) is 8.97. The van der Waals surface area contributed by atoms with Crippen LogP contribution in [0.1, 0.15) is 24.8 Å². The van der Waals surface area contributed by atoms with Gasteiger partial charge < -0.3 is 9.47 Å². The minimum atomic E-state index is 0.771. The Morgan fingerprint density at radius 1 is 1.07 bits per heavy atom. The maximum Gasteiger partial charge on any atom is 0.161 e. The first kappa shape index (κ1) is 10.8. The highest BCUT2D eigenvalue weighted by Crippen LogP contribution is 2.43. The maximum absolute atomic E-state index is 5.29. The van der Waals surface area contributed by atoms with Gasteiger partial charge in [0.25, 0.3) is 0 Å². The number of ether oxygens (including phenoxy) is 2. The molecule has 0 aliphatic heterocycles. The van der Waals surface area contributed by atoms with E-state index in [0.29, 0.717) is 0 Å². The highest BCUT2D eigenvalue weighted by atomic mass is 79.9. The average Bonchev–Trinajstić information content (AvgIpc) is 2.17. The van der Waals surface area contributed by atoms with Crippen molar-refractivity contribution in [3.05, 3.63) is 28.1 Å². The van der Waals surface area contributed by atoms with Gasteiger partial charge in [-0.15, -0.1) is 0 Å². The number of benzene rings is 1. The van der Waals surface area contributed by atoms with Gasteiger partial charge in [-0.05, 0) is 30.5 Å². The Kier molecular flexibility index (Phi) is 3.19. The molecule has 2 rings (SSSR count). The third kappa shape index (κ3) is 1.98. The maximum atomic E-state index is 5.29. The van der Waals surface area contributed by atoms with E-state index < -0.39 is 0 Å². The van der Waals surface area contributed by atoms with Gasteiger partial charge in [-0.1, -0.05) is 22.4 Å². The summed E-state index contributed by atoms with van der Waals surface area (Å²) in [5, 5.41) is 0. The number of hydrogen-bond donors (Lipinski definition) is 0. The number of methoxy groups -OCH3 is 2. The van der Waals surface area contributed by atoms with Gasteiger partial charge in [-0.3, -0.25) is 0 Å². The Balaban J connectivity index is 2.38. The fourth-order valence-corrected chi connectivity index (χ4v) is 2.35. The van der Waals surface area contributed by atoms with Crippen LogP contribution in [-0.4, -0.2) is 14.2 Å². The average molecular weight is 270 g/mol. The lowest BCUT2D eigenvalue weighted by atomic mass is 9.80. The summed E-state index contributed by atoms with van der Waals surface area (Å²) in [5.74, 6) is 3.07. The predicted molar refractivity (Wildman–Crippen MR) is 63.4 cm³/mol. The summed E-state index contributed by atoms with van der Waals surface area (Å²) >= 11 is 3.57. The van der Waals surface area contributed by atoms with Crippen LogP contribution in [0, 0.1) is 5.92 Å². The zero-order valence-corrected chi connectivity index (χ0v) is 10.6. The highest BCUT2D eigenvalue weighted by Gasteiger charge is 2.24. The van der Waals surface area contributed by atoms with E-state index >= 15 is 0 Å². The van der Waals surface area contributed by atoms with E-state index in [1.165, 1.54) is 30.7 Å². The smallest absolute Gasteiger partial charge is 0.161 e. The monoisotopic (exact) mass is 269 g/mol. The molecule has 0 bridgehead atoms. The van der Waals surface area contributed by atoms with Crippen LogP contribution >= 0.6 is 15.9 Å². The third-order valence-electron chi connectivity index (χ3n) is 2.81. The van der Waals surface area contributed by atoms with Crippen molar-refractivity contribution in [3.63, 3.8) is 0 Å². The van der Waals surface area contributed by atoms with Crippen LogP contribution in [0.3, 0.4) is 0 Å². The van der Waals surface area contributed by atoms with Crippen LogP contribution in [0.2, 0.25) is 0 Å². The predicted octanol–water partition coefficient (Wildman–Crippen LogP) is 3.57. The van der Waals surface area contributed by atoms with Gasteiger partial charge in [0.1, 0.15) is 0 Å². The van der Waals surface area contributed by atoms with Gasteiger partial charge >= 0.3 is 0 Å². The first-order valence-electron chi connectivity index (χ1n) is 5.03. The van der Waals surface area contributed by atoms with E-state index in [2.05, 4.69) is 22.0 Å². The minimum Gasteiger partial charge on any atom is -0.493 e. The molecule has 81 valence electrons. The van der Waals surface area contributed by atoms with Crippen LogP contribution < -0.4 is 9.47 Å². The standard InChI is InChI=1S/C12H14BrO2/c1-14-11-6-9(8-4-3-5-8)10(13)7-12(11)15-2/h6-7H,3-5H2,1-2H3. The van der Waals surface area contributed by atoms with E-state index in [1.54, 1.807) is 14.2 Å². The van der Waals surface area contributed by atoms with E-state index in [9.17, 15) is 0 Å². The van der Waals surface area contributed by atoms with Crippen molar-refractivity contribution in [1.29, 1.82) is 0 Å². The summed E-state index contributed by atoms with van der Waals surface area (Å²) in [6.45, 7) is 0. The lowest BCUT2D eigenvalue weighted by molar-refractivity contribution is 0.354. The van der Waals surface area contributed by atoms with Crippen LogP contribution in [0.4, 0.5) is 0 Å². The molecule has 0 heterocycles. The van der Waals surface area contributed by atoms with Gasteiger partial charge in [-0.25, -0.2) is 0 Å². The molecule has 0 atom stereocenters. The lowest BCUT2D eigenvalue weighted by Gasteiger charge is -2.26. The summed E-state index contributed by atoms with van der Waals surface area (Å²) in [6.07, 6.45) is 3.71. The molecule has 1 aliphatic rings. The molecule has 3 heteroatoms. The van der Waals surface area contributed by atoms with Crippen molar-refractivity contribution >= 4 is 15.9 Å². The van der Waals surface area contributed by atoms with Crippen molar-refractivity contribution in [3.8, 4) is 11.5 Å². The summed E-state index contributed by atoms with van der Waals surface area (Å²) in [6, 6.07) is 4.02. The van der Waals surface area contributed by atoms with Gasteiger partial charge in [0.2, 0.25) is 0 Å². The Bertz CT molecular complexity index is 359. The Morgan fingerprint density at radius 2 is 1.67 bits per heavy atom. The number of hydrogen-bond acceptors (Lipinski definition) is 2. The second-order valence-electron chi connectivity index (χ2n) is 3.64. The Hall–Kier alpha value is -0.700. The van der Waals surface area contributed by atoms with Gasteiger partial charge in [0.15, 0.2) is 11.5 Å². The third-order valence-corrected chi connectivity index (χ3v) is 3.47. The van der Waals surface area contributed by atoms with Crippen LogP contribution in [0.5, 0.6) is 11.5 Å². The Morgan fingerprint density at radius 3 is 2.13 bits per heavy atom. The van der Waals surface area contributed by atoms with Crippen molar-refractivity contribution < 1.29 is 9.47 Å². The molecular formula is C12H14BrO2. The van der Waals surface area contributed by atoms with E-state index in [0.717, 1.165) is 16.0 Å². The number of halogens is 1. The lowest BCUT2D eigenvalue weighted by Crippen LogP contribution is -2.10. The topological polar surface area (TPSA) is 18.5 Å². The normalized spacial score (nSPS) is 15.9. The molecule has 1 radical (unpaired) electrons. The van der Waals surface area contributed by atoms with E-state index in [1.807, 2.05) is 6.07 Å². The van der Waals surface area contributed by atoms with E-state index in [4.69, 9.17) is 9.47 Å². The van der Waals surface area contributed by atoms with Crippen molar-refractivity contribution in [2.24, 2.45) is 0 Å². The fraction of sp³-hybridized carbons (Fsp3) is 0.417. The molecule has 0 aromatic heterocycles. The van der Waals surface area contributed by atoms with Crippen LogP contribution in [0.15, 0.2) is 16.6 Å². The molecule has 0 unspecified atom stereocenters. The first-order valence-corrected chi connectivity index (χ1v) is 5.82. The second kappa shape index (κ2) is 4.44. The molecule has 0 spiro atoms. The van der Waals surface area contributed by atoms with Crippen molar-refractivity contribution in [2.75, 3.05) is 14.2 Å². The second-order valence-corrected chi connectivity index (χ2v) is 4.50. The molecule has 2 nitrogen and oxygen atoms in total. The molecular weight excluding hydrogens is 256 g/mol. The molecule has 15 heavy (non-hydrogen) atoms. The number of rotatable bonds is 3. The quantitative estimate of drug-likeness (QED) is 0.835. The summed E-state index contributed by atoms with van der Waals surface area (Å²) in [7, 11) is 3.32. The summed E-state index contributed by atoms with van der Waals surface area (Å²) < 4.78 is 11.6. The van der Waals surface area contributed by atoms with E-state index in [-0.39, 0.29) is 0 Å². The molecule has 1 aliphatic carbocycles. The molecule has 1 fully saturated rings. The summed E-state index contributed by atoms with van der Waals surface area (Å²) in [4.78, 5) is 0. The minimum absolute atomic E-state index is 0.771. The largest absolute Gasteiger partial charge is 0.493 e. The molecule has 1 aromatic carbocycles. The zero-order chi connectivity index (χ0) is 10.8. The first-order chi connectivity index (χ1) is 7.26. The van der Waals surface area contributed by atoms with Crippen molar-refractivity contribution in [2.45, 2.75) is 19.3 Å².